The molecule has 25 heavy (non-hydrogen) atoms. The molecule has 4 atom stereocenters. The zero-order valence-electron chi connectivity index (χ0n) is 13.0. The fourth-order valence-electron chi connectivity index (χ4n) is 4.07. The van der Waals surface area contributed by atoms with E-state index in [1.165, 1.54) is 12.1 Å². The minimum absolute atomic E-state index is 0.0563. The van der Waals surface area contributed by atoms with Crippen molar-refractivity contribution in [2.45, 2.75) is 30.1 Å². The minimum Gasteiger partial charge on any atom is -0.362 e. The van der Waals surface area contributed by atoms with Crippen molar-refractivity contribution < 1.29 is 26.3 Å². The summed E-state index contributed by atoms with van der Waals surface area (Å²) in [5, 5.41) is 8.06. The summed E-state index contributed by atoms with van der Waals surface area (Å²) < 4.78 is 72.2. The second kappa shape index (κ2) is 4.77. The van der Waals surface area contributed by atoms with Gasteiger partial charge in [0.15, 0.2) is 0 Å². The Morgan fingerprint density at radius 3 is 2.72 bits per heavy atom. The lowest BCUT2D eigenvalue weighted by Crippen LogP contribution is -2.42. The molecule has 132 valence electrons. The van der Waals surface area contributed by atoms with Crippen molar-refractivity contribution in [1.29, 1.82) is 5.26 Å². The number of nitrogens with zero attached hydrogens (tertiary/aromatic N) is 2. The van der Waals surface area contributed by atoms with E-state index in [9.17, 15) is 21.6 Å². The Balaban J connectivity index is 1.79. The SMILES string of the molecule is C[C@@]12C=C[C@@H](O1)[C@@H]1CN(c3ccc(C#N)c(C(F)(F)F)c3)S(=O)(=O)[C@@H]12. The largest absolute Gasteiger partial charge is 0.417 e. The zero-order chi connectivity index (χ0) is 18.2. The molecule has 5 nitrogen and oxygen atoms in total. The Bertz CT molecular complexity index is 935. The molecule has 2 fully saturated rings. The summed E-state index contributed by atoms with van der Waals surface area (Å²) in [5.41, 5.74) is -2.71. The second-order valence-corrected chi connectivity index (χ2v) is 8.60. The van der Waals surface area contributed by atoms with Crippen molar-refractivity contribution in [3.8, 4) is 6.07 Å². The molecule has 0 N–H and O–H groups in total. The van der Waals surface area contributed by atoms with Gasteiger partial charge >= 0.3 is 6.18 Å². The van der Waals surface area contributed by atoms with Crippen LogP contribution in [0.3, 0.4) is 0 Å². The molecule has 0 saturated carbocycles. The molecule has 1 aromatic carbocycles. The molecule has 0 spiro atoms. The predicted octanol–water partition coefficient (Wildman–Crippen LogP) is 2.44. The predicted molar refractivity (Wildman–Crippen MR) is 82.1 cm³/mol. The van der Waals surface area contributed by atoms with Crippen molar-refractivity contribution in [2.24, 2.45) is 5.92 Å². The third kappa shape index (κ3) is 2.14. The first-order chi connectivity index (χ1) is 11.6. The van der Waals surface area contributed by atoms with Crippen LogP contribution in [0.2, 0.25) is 0 Å². The van der Waals surface area contributed by atoms with Crippen LogP contribution in [0.25, 0.3) is 0 Å². The normalized spacial score (nSPS) is 35.0. The number of halogens is 3. The maximum atomic E-state index is 13.2. The topological polar surface area (TPSA) is 70.4 Å². The van der Waals surface area contributed by atoms with Gasteiger partial charge in [-0.25, -0.2) is 8.42 Å². The molecule has 3 aliphatic rings. The Hall–Kier alpha value is -2.05. The molecule has 0 aliphatic carbocycles. The number of fused-ring (bicyclic) bond motifs is 5. The first-order valence-corrected chi connectivity index (χ1v) is 9.08. The summed E-state index contributed by atoms with van der Waals surface area (Å²) in [7, 11) is -3.88. The average molecular weight is 370 g/mol. The summed E-state index contributed by atoms with van der Waals surface area (Å²) >= 11 is 0. The number of anilines is 1. The highest BCUT2D eigenvalue weighted by Gasteiger charge is 2.65. The highest BCUT2D eigenvalue weighted by molar-refractivity contribution is 7.93. The first-order valence-electron chi connectivity index (χ1n) is 7.58. The van der Waals surface area contributed by atoms with Crippen LogP contribution in [0.4, 0.5) is 18.9 Å². The van der Waals surface area contributed by atoms with E-state index in [0.29, 0.717) is 0 Å². The van der Waals surface area contributed by atoms with E-state index >= 15 is 0 Å². The lowest BCUT2D eigenvalue weighted by molar-refractivity contribution is -0.137. The van der Waals surface area contributed by atoms with E-state index in [4.69, 9.17) is 10.00 Å². The van der Waals surface area contributed by atoms with Crippen LogP contribution < -0.4 is 4.31 Å². The van der Waals surface area contributed by atoms with Crippen LogP contribution in [0.5, 0.6) is 0 Å². The summed E-state index contributed by atoms with van der Waals surface area (Å²) in [5.74, 6) is -0.329. The molecule has 3 aliphatic heterocycles. The Morgan fingerprint density at radius 1 is 1.40 bits per heavy atom. The van der Waals surface area contributed by atoms with Gasteiger partial charge in [-0.05, 0) is 25.1 Å². The number of alkyl halides is 3. The third-order valence-corrected chi connectivity index (χ3v) is 7.54. The van der Waals surface area contributed by atoms with Crippen LogP contribution in [0.15, 0.2) is 30.4 Å². The lowest BCUT2D eigenvalue weighted by atomic mass is 9.87. The van der Waals surface area contributed by atoms with Crippen molar-refractivity contribution >= 4 is 15.7 Å². The Labute approximate surface area is 142 Å². The van der Waals surface area contributed by atoms with Gasteiger partial charge in [-0.3, -0.25) is 4.31 Å². The van der Waals surface area contributed by atoms with Gasteiger partial charge in [0.05, 0.1) is 29.0 Å². The molecule has 2 saturated heterocycles. The van der Waals surface area contributed by atoms with Gasteiger partial charge in [-0.1, -0.05) is 12.2 Å². The number of benzene rings is 1. The number of nitriles is 1. The molecule has 0 aromatic heterocycles. The molecule has 0 amide bonds. The summed E-state index contributed by atoms with van der Waals surface area (Å²) in [6, 6.07) is 4.47. The molecular formula is C16H13F3N2O3S. The van der Waals surface area contributed by atoms with Crippen molar-refractivity contribution in [1.82, 2.24) is 0 Å². The monoisotopic (exact) mass is 370 g/mol. The quantitative estimate of drug-likeness (QED) is 0.712. The standard InChI is InChI=1S/C16H13F3N2O3S/c1-15-5-4-13(24-15)11-8-21(25(22,23)14(11)15)10-3-2-9(7-20)12(6-10)16(17,18)19/h2-6,11,13-14H,8H2,1H3/t11-,13+,14-,15-/m0/s1. The molecule has 9 heteroatoms. The number of ether oxygens (including phenoxy) is 1. The number of hydrogen-bond donors (Lipinski definition) is 0. The summed E-state index contributed by atoms with van der Waals surface area (Å²) in [4.78, 5) is 0. The fourth-order valence-corrected chi connectivity index (χ4v) is 6.54. The minimum atomic E-state index is -4.74. The van der Waals surface area contributed by atoms with E-state index in [0.717, 1.165) is 16.4 Å². The van der Waals surface area contributed by atoms with Crippen LogP contribution >= 0.6 is 0 Å². The maximum Gasteiger partial charge on any atom is 0.417 e. The van der Waals surface area contributed by atoms with Crippen molar-refractivity contribution in [3.05, 3.63) is 41.5 Å². The van der Waals surface area contributed by atoms with Crippen molar-refractivity contribution in [3.63, 3.8) is 0 Å². The smallest absolute Gasteiger partial charge is 0.362 e. The average Bonchev–Trinajstić information content (AvgIpc) is 3.13. The van der Waals surface area contributed by atoms with E-state index in [1.807, 2.05) is 0 Å². The molecular weight excluding hydrogens is 357 g/mol. The van der Waals surface area contributed by atoms with Crippen LogP contribution in [0, 0.1) is 17.2 Å². The fraction of sp³-hybridized carbons (Fsp3) is 0.438. The second-order valence-electron chi connectivity index (χ2n) is 6.63. The molecule has 0 unspecified atom stereocenters. The van der Waals surface area contributed by atoms with Gasteiger partial charge in [0, 0.05) is 12.5 Å². The van der Waals surface area contributed by atoms with Gasteiger partial charge in [-0.2, -0.15) is 18.4 Å². The van der Waals surface area contributed by atoms with Crippen LogP contribution in [0.1, 0.15) is 18.1 Å². The van der Waals surface area contributed by atoms with Crippen LogP contribution in [-0.2, 0) is 20.9 Å². The molecule has 1 aromatic rings. The van der Waals surface area contributed by atoms with Crippen LogP contribution in [-0.4, -0.2) is 31.9 Å². The van der Waals surface area contributed by atoms with E-state index in [-0.39, 0.29) is 24.3 Å². The van der Waals surface area contributed by atoms with Crippen molar-refractivity contribution in [2.75, 3.05) is 10.8 Å². The highest BCUT2D eigenvalue weighted by atomic mass is 32.2. The summed E-state index contributed by atoms with van der Waals surface area (Å²) in [6.07, 6.45) is -1.58. The van der Waals surface area contributed by atoms with Gasteiger partial charge in [-0.15, -0.1) is 0 Å². The first kappa shape index (κ1) is 16.4. The van der Waals surface area contributed by atoms with E-state index in [2.05, 4.69) is 0 Å². The number of rotatable bonds is 1. The Kier molecular flexibility index (Phi) is 3.13. The molecule has 4 rings (SSSR count). The number of hydrogen-bond acceptors (Lipinski definition) is 4. The van der Waals surface area contributed by atoms with Gasteiger partial charge < -0.3 is 4.74 Å². The maximum absolute atomic E-state index is 13.2. The van der Waals surface area contributed by atoms with E-state index < -0.39 is 38.2 Å². The molecule has 3 heterocycles. The highest BCUT2D eigenvalue weighted by Crippen LogP contribution is 2.51. The third-order valence-electron chi connectivity index (χ3n) is 5.10. The van der Waals surface area contributed by atoms with Gasteiger partial charge in [0.1, 0.15) is 10.9 Å². The lowest BCUT2D eigenvalue weighted by Gasteiger charge is -2.27. The van der Waals surface area contributed by atoms with E-state index in [1.54, 1.807) is 19.1 Å². The summed E-state index contributed by atoms with van der Waals surface area (Å²) in [6.45, 7) is 1.73. The van der Waals surface area contributed by atoms with Gasteiger partial charge in [0.2, 0.25) is 10.0 Å². The molecule has 0 radical (unpaired) electrons. The zero-order valence-corrected chi connectivity index (χ0v) is 13.8. The van der Waals surface area contributed by atoms with Gasteiger partial charge in [0.25, 0.3) is 0 Å². The number of sulfonamides is 1. The molecule has 2 bridgehead atoms. The Morgan fingerprint density at radius 2 is 2.12 bits per heavy atom.